The molecule has 0 radical (unpaired) electrons. The molecule has 3 aromatic rings. The van der Waals surface area contributed by atoms with Gasteiger partial charge >= 0.3 is 5.76 Å². The van der Waals surface area contributed by atoms with Gasteiger partial charge in [0.2, 0.25) is 0 Å². The molecule has 24 heavy (non-hydrogen) atoms. The third kappa shape index (κ3) is 2.92. The molecule has 0 unspecified atom stereocenters. The van der Waals surface area contributed by atoms with E-state index in [4.69, 9.17) is 16.0 Å². The Balaban J connectivity index is 1.48. The fourth-order valence-electron chi connectivity index (χ4n) is 3.16. The van der Waals surface area contributed by atoms with Crippen molar-refractivity contribution in [3.63, 3.8) is 0 Å². The lowest BCUT2D eigenvalue weighted by atomic mass is 10.2. The molecular weight excluding hydrogens is 326 g/mol. The summed E-state index contributed by atoms with van der Waals surface area (Å²) in [5.41, 5.74) is 2.57. The van der Waals surface area contributed by atoms with E-state index in [1.807, 2.05) is 12.1 Å². The molecule has 0 amide bonds. The lowest BCUT2D eigenvalue weighted by Crippen LogP contribution is -2.47. The van der Waals surface area contributed by atoms with Crippen molar-refractivity contribution in [3.8, 4) is 0 Å². The van der Waals surface area contributed by atoms with Crippen LogP contribution in [0.1, 0.15) is 0 Å². The smallest absolute Gasteiger partial charge is 0.408 e. The molecule has 0 spiro atoms. The Morgan fingerprint density at radius 3 is 2.50 bits per heavy atom. The Hall–Kier alpha value is -2.24. The summed E-state index contributed by atoms with van der Waals surface area (Å²) in [4.78, 5) is 16.8. The zero-order valence-electron chi connectivity index (χ0n) is 13.2. The van der Waals surface area contributed by atoms with E-state index in [1.54, 1.807) is 16.7 Å². The van der Waals surface area contributed by atoms with Crippen LogP contribution < -0.4 is 10.7 Å². The maximum Gasteiger partial charge on any atom is 0.421 e. The molecule has 0 atom stereocenters. The first-order chi connectivity index (χ1) is 11.7. The third-order valence-electron chi connectivity index (χ3n) is 4.47. The first-order valence-electron chi connectivity index (χ1n) is 8.02. The fourth-order valence-corrected chi connectivity index (χ4v) is 3.32. The number of fused-ring (bicyclic) bond motifs is 1. The van der Waals surface area contributed by atoms with Gasteiger partial charge in [0, 0.05) is 43.0 Å². The molecule has 1 aromatic heterocycles. The molecular formula is C18H18ClN3O2. The summed E-state index contributed by atoms with van der Waals surface area (Å²) < 4.78 is 6.97. The number of benzene rings is 2. The van der Waals surface area contributed by atoms with Crippen molar-refractivity contribution >= 4 is 28.4 Å². The van der Waals surface area contributed by atoms with Gasteiger partial charge in [-0.25, -0.2) is 4.79 Å². The number of para-hydroxylation sites is 1. The maximum atomic E-state index is 12.1. The van der Waals surface area contributed by atoms with Gasteiger partial charge in [0.15, 0.2) is 5.58 Å². The molecule has 4 rings (SSSR count). The molecule has 1 saturated heterocycles. The zero-order valence-corrected chi connectivity index (χ0v) is 13.9. The molecule has 1 aliphatic rings. The van der Waals surface area contributed by atoms with Crippen molar-refractivity contribution in [2.45, 2.75) is 6.67 Å². The summed E-state index contributed by atoms with van der Waals surface area (Å²) >= 11 is 5.96. The standard InChI is InChI=1S/C18H18ClN3O2/c19-14-6-7-16-17(12-14)24-18(23)22(16)13-20-8-10-21(11-9-20)15-4-2-1-3-5-15/h1-7,12H,8-11,13H2. The maximum absolute atomic E-state index is 12.1. The molecule has 0 bridgehead atoms. The summed E-state index contributed by atoms with van der Waals surface area (Å²) in [5, 5.41) is 0.569. The van der Waals surface area contributed by atoms with Crippen LogP contribution in [-0.2, 0) is 6.67 Å². The van der Waals surface area contributed by atoms with E-state index in [0.29, 0.717) is 17.3 Å². The van der Waals surface area contributed by atoms with Crippen molar-refractivity contribution in [1.29, 1.82) is 0 Å². The summed E-state index contributed by atoms with van der Waals surface area (Å²) in [6.45, 7) is 4.24. The molecule has 0 aliphatic carbocycles. The van der Waals surface area contributed by atoms with Gasteiger partial charge in [0.1, 0.15) is 0 Å². The Bertz CT molecular complexity index is 896. The molecule has 124 valence electrons. The van der Waals surface area contributed by atoms with Crippen molar-refractivity contribution in [1.82, 2.24) is 9.47 Å². The number of piperazine rings is 1. The molecule has 1 fully saturated rings. The predicted octanol–water partition coefficient (Wildman–Crippen LogP) is 3.03. The third-order valence-corrected chi connectivity index (χ3v) is 4.70. The van der Waals surface area contributed by atoms with Crippen LogP contribution in [0.15, 0.2) is 57.7 Å². The Morgan fingerprint density at radius 1 is 1.00 bits per heavy atom. The lowest BCUT2D eigenvalue weighted by molar-refractivity contribution is 0.202. The quantitative estimate of drug-likeness (QED) is 0.733. The molecule has 0 N–H and O–H groups in total. The van der Waals surface area contributed by atoms with Crippen molar-refractivity contribution < 1.29 is 4.42 Å². The van der Waals surface area contributed by atoms with Crippen LogP contribution in [0, 0.1) is 0 Å². The Labute approximate surface area is 144 Å². The molecule has 2 aromatic carbocycles. The fraction of sp³-hybridized carbons (Fsp3) is 0.278. The van der Waals surface area contributed by atoms with Gasteiger partial charge in [0.05, 0.1) is 12.2 Å². The van der Waals surface area contributed by atoms with E-state index in [2.05, 4.69) is 34.1 Å². The van der Waals surface area contributed by atoms with E-state index >= 15 is 0 Å². The number of hydrogen-bond donors (Lipinski definition) is 0. The highest BCUT2D eigenvalue weighted by Gasteiger charge is 2.19. The number of oxazole rings is 1. The van der Waals surface area contributed by atoms with Crippen molar-refractivity contribution in [2.24, 2.45) is 0 Å². The number of aromatic nitrogens is 1. The van der Waals surface area contributed by atoms with Gasteiger partial charge in [-0.15, -0.1) is 0 Å². The highest BCUT2D eigenvalue weighted by atomic mass is 35.5. The highest BCUT2D eigenvalue weighted by molar-refractivity contribution is 6.31. The number of hydrogen-bond acceptors (Lipinski definition) is 4. The first kappa shape index (κ1) is 15.3. The van der Waals surface area contributed by atoms with E-state index < -0.39 is 0 Å². The Kier molecular flexibility index (Phi) is 4.04. The first-order valence-corrected chi connectivity index (χ1v) is 8.40. The highest BCUT2D eigenvalue weighted by Crippen LogP contribution is 2.20. The zero-order chi connectivity index (χ0) is 16.5. The van der Waals surface area contributed by atoms with E-state index in [1.165, 1.54) is 5.69 Å². The molecule has 1 aliphatic heterocycles. The topological polar surface area (TPSA) is 41.6 Å². The van der Waals surface area contributed by atoms with Crippen LogP contribution in [0.25, 0.3) is 11.1 Å². The largest absolute Gasteiger partial charge is 0.421 e. The molecule has 2 heterocycles. The summed E-state index contributed by atoms with van der Waals surface area (Å²) in [5.74, 6) is -0.335. The lowest BCUT2D eigenvalue weighted by Gasteiger charge is -2.36. The van der Waals surface area contributed by atoms with Crippen LogP contribution in [0.3, 0.4) is 0 Å². The molecule has 5 nitrogen and oxygen atoms in total. The van der Waals surface area contributed by atoms with E-state index in [0.717, 1.165) is 31.7 Å². The van der Waals surface area contributed by atoms with Gasteiger partial charge in [-0.3, -0.25) is 9.47 Å². The van der Waals surface area contributed by atoms with Crippen LogP contribution in [0.2, 0.25) is 5.02 Å². The van der Waals surface area contributed by atoms with Crippen LogP contribution in [0.4, 0.5) is 5.69 Å². The van der Waals surface area contributed by atoms with Crippen LogP contribution >= 0.6 is 11.6 Å². The second-order valence-corrected chi connectivity index (χ2v) is 6.43. The SMILES string of the molecule is O=c1oc2cc(Cl)ccc2n1CN1CCN(c2ccccc2)CC1. The van der Waals surface area contributed by atoms with Gasteiger partial charge in [-0.05, 0) is 24.3 Å². The van der Waals surface area contributed by atoms with Gasteiger partial charge in [0.25, 0.3) is 0 Å². The Morgan fingerprint density at radius 2 is 1.75 bits per heavy atom. The van der Waals surface area contributed by atoms with Crippen LogP contribution in [0.5, 0.6) is 0 Å². The second-order valence-electron chi connectivity index (χ2n) is 5.99. The summed E-state index contributed by atoms with van der Waals surface area (Å²) in [7, 11) is 0. The van der Waals surface area contributed by atoms with Crippen molar-refractivity contribution in [3.05, 3.63) is 64.1 Å². The predicted molar refractivity (Wildman–Crippen MR) is 95.7 cm³/mol. The monoisotopic (exact) mass is 343 g/mol. The summed E-state index contributed by atoms with van der Waals surface area (Å²) in [6.07, 6.45) is 0. The van der Waals surface area contributed by atoms with Gasteiger partial charge in [-0.1, -0.05) is 29.8 Å². The number of halogens is 1. The summed E-state index contributed by atoms with van der Waals surface area (Å²) in [6, 6.07) is 15.7. The minimum atomic E-state index is -0.335. The van der Waals surface area contributed by atoms with Gasteiger partial charge < -0.3 is 9.32 Å². The second kappa shape index (κ2) is 6.34. The minimum Gasteiger partial charge on any atom is -0.408 e. The van der Waals surface area contributed by atoms with E-state index in [-0.39, 0.29) is 5.76 Å². The number of anilines is 1. The van der Waals surface area contributed by atoms with Crippen LogP contribution in [-0.4, -0.2) is 35.6 Å². The minimum absolute atomic E-state index is 0.335. The van der Waals surface area contributed by atoms with E-state index in [9.17, 15) is 4.79 Å². The number of rotatable bonds is 3. The molecule has 6 heteroatoms. The number of nitrogens with zero attached hydrogens (tertiary/aromatic N) is 3. The van der Waals surface area contributed by atoms with Crippen molar-refractivity contribution in [2.75, 3.05) is 31.1 Å². The average molecular weight is 344 g/mol. The average Bonchev–Trinajstić information content (AvgIpc) is 2.91. The molecule has 0 saturated carbocycles. The van der Waals surface area contributed by atoms with Gasteiger partial charge in [-0.2, -0.15) is 0 Å². The normalized spacial score (nSPS) is 16.0.